The standard InChI is InChI=1S/C39H72N6O5/c1-10-49-36-25(12-11-13-30(36)26-16-27(18-29(17-26)44(8)9)37(47)41-14-15-43(6)7)22-45-35(34(24(3)46)33(21-40)50-45)38(48)42-32-20-28-19-31(23(32)2)39(28,4)5/h23-36,46H,10-22,40H2,1-9H3,(H,41,47)(H,42,48)/t23-,24-,25?,26?,27?,28+,29?,30?,31-,32?,33-,34+,35-,36?/m0/s1. The fourth-order valence-electron chi connectivity index (χ4n) is 11.1. The zero-order valence-corrected chi connectivity index (χ0v) is 32.8. The topological polar surface area (TPSA) is 133 Å². The minimum absolute atomic E-state index is 0.000868. The van der Waals surface area contributed by atoms with Crippen molar-refractivity contribution in [1.29, 1.82) is 0 Å². The number of rotatable bonds is 14. The monoisotopic (exact) mass is 705 g/mol. The van der Waals surface area contributed by atoms with Crippen LogP contribution in [0.2, 0.25) is 0 Å². The lowest BCUT2D eigenvalue weighted by Crippen LogP contribution is -2.62. The molecule has 288 valence electrons. The molecule has 11 heteroatoms. The number of carbonyl (C=O) groups excluding carboxylic acids is 2. The first-order chi connectivity index (χ1) is 23.7. The average molecular weight is 705 g/mol. The number of nitrogens with one attached hydrogen (secondary N) is 2. The molecule has 1 heterocycles. The van der Waals surface area contributed by atoms with Crippen LogP contribution in [0, 0.1) is 52.8 Å². The van der Waals surface area contributed by atoms with Crippen molar-refractivity contribution in [2.75, 3.05) is 61.0 Å². The van der Waals surface area contributed by atoms with Gasteiger partial charge in [0.1, 0.15) is 6.04 Å². The molecule has 5 saturated carbocycles. The second-order valence-electron chi connectivity index (χ2n) is 18.0. The Morgan fingerprint density at radius 3 is 2.42 bits per heavy atom. The van der Waals surface area contributed by atoms with Crippen molar-refractivity contribution in [3.8, 4) is 0 Å². The first-order valence-corrected chi connectivity index (χ1v) is 20.0. The molecule has 6 rings (SSSR count). The van der Waals surface area contributed by atoms with Gasteiger partial charge < -0.3 is 36.0 Å². The maximum Gasteiger partial charge on any atom is 0.240 e. The molecule has 2 amide bonds. The lowest BCUT2D eigenvalue weighted by Gasteiger charge is -2.62. The Balaban J connectivity index is 1.33. The third-order valence-corrected chi connectivity index (χ3v) is 14.2. The number of hydrogen-bond acceptors (Lipinski definition) is 9. The summed E-state index contributed by atoms with van der Waals surface area (Å²) >= 11 is 0. The van der Waals surface area contributed by atoms with Crippen molar-refractivity contribution >= 4 is 11.8 Å². The Kier molecular flexibility index (Phi) is 13.4. The van der Waals surface area contributed by atoms with Crippen molar-refractivity contribution in [2.24, 2.45) is 58.5 Å². The van der Waals surface area contributed by atoms with Gasteiger partial charge in [0.15, 0.2) is 0 Å². The van der Waals surface area contributed by atoms with E-state index in [0.717, 1.165) is 51.5 Å². The van der Waals surface area contributed by atoms with E-state index in [9.17, 15) is 14.7 Å². The number of nitrogens with two attached hydrogens (primary N) is 1. The van der Waals surface area contributed by atoms with Gasteiger partial charge in [-0.1, -0.05) is 27.2 Å². The summed E-state index contributed by atoms with van der Waals surface area (Å²) in [5.41, 5.74) is 6.57. The number of amides is 2. The van der Waals surface area contributed by atoms with E-state index in [0.29, 0.717) is 60.7 Å². The predicted octanol–water partition coefficient (Wildman–Crippen LogP) is 2.96. The number of fused-ring (bicyclic) bond motifs is 2. The molecule has 0 aromatic carbocycles. The second kappa shape index (κ2) is 16.8. The number of aliphatic hydroxyl groups is 1. The van der Waals surface area contributed by atoms with Crippen molar-refractivity contribution in [1.82, 2.24) is 25.5 Å². The van der Waals surface area contributed by atoms with Crippen LogP contribution in [-0.4, -0.2) is 129 Å². The number of hydroxylamine groups is 2. The average Bonchev–Trinajstić information content (AvgIpc) is 3.44. The molecule has 1 saturated heterocycles. The smallest absolute Gasteiger partial charge is 0.240 e. The lowest BCUT2D eigenvalue weighted by molar-refractivity contribution is -0.188. The van der Waals surface area contributed by atoms with Crippen molar-refractivity contribution in [2.45, 2.75) is 122 Å². The van der Waals surface area contributed by atoms with E-state index < -0.39 is 24.2 Å². The normalized spacial score (nSPS) is 40.8. The molecule has 0 aromatic heterocycles. The van der Waals surface area contributed by atoms with Crippen molar-refractivity contribution < 1.29 is 24.3 Å². The number of aliphatic hydroxyl groups excluding tert-OH is 1. The fourth-order valence-corrected chi connectivity index (χ4v) is 11.1. The van der Waals surface area contributed by atoms with Crippen LogP contribution >= 0.6 is 0 Å². The minimum atomic E-state index is -0.742. The van der Waals surface area contributed by atoms with Gasteiger partial charge in [0.2, 0.25) is 11.8 Å². The highest BCUT2D eigenvalue weighted by Crippen LogP contribution is 2.61. The third kappa shape index (κ3) is 8.39. The summed E-state index contributed by atoms with van der Waals surface area (Å²) in [4.78, 5) is 38.7. The minimum Gasteiger partial charge on any atom is -0.393 e. The Hall–Kier alpha value is -1.34. The van der Waals surface area contributed by atoms with Crippen LogP contribution in [0.4, 0.5) is 0 Å². The molecule has 14 atom stereocenters. The molecule has 50 heavy (non-hydrogen) atoms. The molecule has 6 aliphatic rings. The molecule has 11 nitrogen and oxygen atoms in total. The van der Waals surface area contributed by atoms with Crippen LogP contribution < -0.4 is 16.4 Å². The maximum atomic E-state index is 14.3. The Morgan fingerprint density at radius 2 is 1.82 bits per heavy atom. The molecular formula is C39H72N6O5. The second-order valence-corrected chi connectivity index (χ2v) is 18.0. The number of likely N-dealkylation sites (N-methyl/N-ethyl adjacent to an activating group) is 1. The Morgan fingerprint density at radius 1 is 1.08 bits per heavy atom. The molecule has 7 unspecified atom stereocenters. The van der Waals surface area contributed by atoms with E-state index in [1.165, 1.54) is 6.42 Å². The largest absolute Gasteiger partial charge is 0.393 e. The van der Waals surface area contributed by atoms with E-state index in [4.69, 9.17) is 15.3 Å². The van der Waals surface area contributed by atoms with E-state index in [2.05, 4.69) is 62.2 Å². The van der Waals surface area contributed by atoms with Gasteiger partial charge in [-0.05, 0) is 122 Å². The SMILES string of the molecule is CCOC1C(CN2O[C@@H](CN)[C@@H]([C@H](C)O)[C@H]2C(=O)NC2C[C@H]3C[C@@H]([C@@H]2C)C3(C)C)CCCC1C1CC(C(=O)NCCN(C)C)CC(N(C)C)C1. The van der Waals surface area contributed by atoms with E-state index in [1.54, 1.807) is 6.92 Å². The summed E-state index contributed by atoms with van der Waals surface area (Å²) in [5.74, 6) is 2.20. The van der Waals surface area contributed by atoms with Crippen LogP contribution in [0.5, 0.6) is 0 Å². The van der Waals surface area contributed by atoms with Gasteiger partial charge >= 0.3 is 0 Å². The van der Waals surface area contributed by atoms with E-state index in [-0.39, 0.29) is 42.3 Å². The summed E-state index contributed by atoms with van der Waals surface area (Å²) in [6, 6.07) is -0.147. The van der Waals surface area contributed by atoms with Gasteiger partial charge in [0.05, 0.1) is 18.3 Å². The number of carbonyl (C=O) groups is 2. The van der Waals surface area contributed by atoms with Crippen LogP contribution in [0.15, 0.2) is 0 Å². The Bertz CT molecular complexity index is 1140. The zero-order valence-electron chi connectivity index (χ0n) is 32.8. The first kappa shape index (κ1) is 39.9. The van der Waals surface area contributed by atoms with E-state index >= 15 is 0 Å². The van der Waals surface area contributed by atoms with Gasteiger partial charge in [-0.3, -0.25) is 14.4 Å². The molecule has 0 aromatic rings. The summed E-state index contributed by atoms with van der Waals surface area (Å²) in [6.07, 6.45) is 7.03. The molecule has 2 bridgehead atoms. The summed E-state index contributed by atoms with van der Waals surface area (Å²) in [7, 11) is 8.33. The van der Waals surface area contributed by atoms with Crippen LogP contribution in [0.25, 0.3) is 0 Å². The quantitative estimate of drug-likeness (QED) is 0.216. The van der Waals surface area contributed by atoms with Crippen molar-refractivity contribution in [3.63, 3.8) is 0 Å². The highest BCUT2D eigenvalue weighted by Gasteiger charge is 2.58. The van der Waals surface area contributed by atoms with Gasteiger partial charge in [-0.25, -0.2) is 0 Å². The predicted molar refractivity (Wildman–Crippen MR) is 197 cm³/mol. The highest BCUT2D eigenvalue weighted by atomic mass is 16.7. The van der Waals surface area contributed by atoms with Crippen molar-refractivity contribution in [3.05, 3.63) is 0 Å². The molecule has 5 aliphatic carbocycles. The zero-order chi connectivity index (χ0) is 36.5. The third-order valence-electron chi connectivity index (χ3n) is 14.2. The molecular weight excluding hydrogens is 632 g/mol. The maximum absolute atomic E-state index is 14.3. The van der Waals surface area contributed by atoms with Crippen LogP contribution in [0.1, 0.15) is 86.0 Å². The molecule has 0 spiro atoms. The summed E-state index contributed by atoms with van der Waals surface area (Å²) in [5, 5.41) is 19.6. The fraction of sp³-hybridized carbons (Fsp3) is 0.949. The van der Waals surface area contributed by atoms with Gasteiger partial charge in [-0.15, -0.1) is 0 Å². The molecule has 0 radical (unpaired) electrons. The molecule has 6 fully saturated rings. The number of nitrogens with zero attached hydrogens (tertiary/aromatic N) is 3. The molecule has 1 aliphatic heterocycles. The van der Waals surface area contributed by atoms with Gasteiger partial charge in [0, 0.05) is 62.6 Å². The lowest BCUT2D eigenvalue weighted by atomic mass is 9.45. The summed E-state index contributed by atoms with van der Waals surface area (Å²) in [6.45, 7) is 13.8. The Labute approximate surface area is 303 Å². The first-order valence-electron chi connectivity index (χ1n) is 20.0. The number of ether oxygens (including phenoxy) is 1. The molecule has 5 N–H and O–H groups in total. The van der Waals surface area contributed by atoms with E-state index in [1.807, 2.05) is 19.2 Å². The van der Waals surface area contributed by atoms with Gasteiger partial charge in [-0.2, -0.15) is 5.06 Å². The van der Waals surface area contributed by atoms with Crippen LogP contribution in [0.3, 0.4) is 0 Å². The van der Waals surface area contributed by atoms with Gasteiger partial charge in [0.25, 0.3) is 0 Å². The highest BCUT2D eigenvalue weighted by molar-refractivity contribution is 5.83. The number of hydrogen-bond donors (Lipinski definition) is 4. The van der Waals surface area contributed by atoms with Crippen LogP contribution in [-0.2, 0) is 19.2 Å². The summed E-state index contributed by atoms with van der Waals surface area (Å²) < 4.78 is 6.67.